The second-order valence-corrected chi connectivity index (χ2v) is 3.85. The van der Waals surface area contributed by atoms with Crippen molar-refractivity contribution in [2.75, 3.05) is 13.6 Å². The van der Waals surface area contributed by atoms with E-state index in [1.807, 2.05) is 25.2 Å². The highest BCUT2D eigenvalue weighted by atomic mass is 16.1. The zero-order valence-electron chi connectivity index (χ0n) is 8.23. The maximum absolute atomic E-state index is 11.3. The van der Waals surface area contributed by atoms with Crippen LogP contribution in [0.3, 0.4) is 0 Å². The lowest BCUT2D eigenvalue weighted by atomic mass is 9.89. The smallest absolute Gasteiger partial charge is 0.226 e. The van der Waals surface area contributed by atoms with Crippen LogP contribution in [0, 0.1) is 0 Å². The summed E-state index contributed by atoms with van der Waals surface area (Å²) in [5.41, 5.74) is 7.69. The Balaban J connectivity index is 2.43. The van der Waals surface area contributed by atoms with Crippen LogP contribution in [0.1, 0.15) is 17.0 Å². The van der Waals surface area contributed by atoms with Crippen LogP contribution in [-0.2, 0) is 11.3 Å². The third-order valence-corrected chi connectivity index (χ3v) is 2.71. The number of carbonyl (C=O) groups excluding carboxylic acids is 1. The van der Waals surface area contributed by atoms with Crippen LogP contribution in [0.15, 0.2) is 24.3 Å². The first-order valence-corrected chi connectivity index (χ1v) is 4.74. The summed E-state index contributed by atoms with van der Waals surface area (Å²) in [5, 5.41) is 0. The van der Waals surface area contributed by atoms with Crippen molar-refractivity contribution >= 4 is 5.91 Å². The van der Waals surface area contributed by atoms with Crippen LogP contribution in [0.25, 0.3) is 0 Å². The molecule has 1 amide bonds. The second kappa shape index (κ2) is 3.42. The van der Waals surface area contributed by atoms with Gasteiger partial charge < -0.3 is 10.6 Å². The highest BCUT2D eigenvalue weighted by molar-refractivity contribution is 5.83. The third kappa shape index (κ3) is 1.51. The third-order valence-electron chi connectivity index (χ3n) is 2.71. The van der Waals surface area contributed by atoms with Crippen LogP contribution in [0.5, 0.6) is 0 Å². The highest BCUT2D eigenvalue weighted by Crippen LogP contribution is 2.26. The Morgan fingerprint density at radius 1 is 1.50 bits per heavy atom. The van der Waals surface area contributed by atoms with Gasteiger partial charge in [-0.25, -0.2) is 0 Å². The Morgan fingerprint density at radius 2 is 2.21 bits per heavy atom. The number of hydrogen-bond donors (Lipinski definition) is 1. The van der Waals surface area contributed by atoms with E-state index in [0.717, 1.165) is 18.7 Å². The van der Waals surface area contributed by atoms with Crippen LogP contribution < -0.4 is 5.73 Å². The van der Waals surface area contributed by atoms with E-state index in [2.05, 4.69) is 11.0 Å². The minimum absolute atomic E-state index is 0.148. The average Bonchev–Trinajstić information content (AvgIpc) is 2.16. The number of nitrogens with zero attached hydrogens (tertiary/aromatic N) is 1. The van der Waals surface area contributed by atoms with E-state index < -0.39 is 0 Å². The van der Waals surface area contributed by atoms with Gasteiger partial charge in [0.05, 0.1) is 5.92 Å². The first-order chi connectivity index (χ1) is 6.68. The van der Waals surface area contributed by atoms with Crippen LogP contribution in [-0.4, -0.2) is 24.4 Å². The van der Waals surface area contributed by atoms with E-state index in [0.29, 0.717) is 0 Å². The van der Waals surface area contributed by atoms with Crippen molar-refractivity contribution in [1.82, 2.24) is 4.90 Å². The van der Waals surface area contributed by atoms with Crippen LogP contribution in [0.4, 0.5) is 0 Å². The van der Waals surface area contributed by atoms with Gasteiger partial charge in [-0.15, -0.1) is 0 Å². The minimum Gasteiger partial charge on any atom is -0.369 e. The molecular formula is C11H14N2O. The summed E-state index contributed by atoms with van der Waals surface area (Å²) >= 11 is 0. The van der Waals surface area contributed by atoms with E-state index in [9.17, 15) is 4.79 Å². The number of fused-ring (bicyclic) bond motifs is 1. The number of amides is 1. The number of carbonyl (C=O) groups is 1. The summed E-state index contributed by atoms with van der Waals surface area (Å²) in [7, 11) is 2.01. The minimum atomic E-state index is -0.232. The lowest BCUT2D eigenvalue weighted by molar-refractivity contribution is -0.120. The van der Waals surface area contributed by atoms with E-state index in [1.165, 1.54) is 5.56 Å². The Morgan fingerprint density at radius 3 is 2.93 bits per heavy atom. The summed E-state index contributed by atoms with van der Waals surface area (Å²) in [5.74, 6) is -0.381. The fourth-order valence-electron chi connectivity index (χ4n) is 2.03. The molecule has 3 nitrogen and oxygen atoms in total. The number of primary amides is 1. The number of benzene rings is 1. The normalized spacial score (nSPS) is 21.6. The molecule has 0 radical (unpaired) electrons. The molecule has 74 valence electrons. The van der Waals surface area contributed by atoms with Crippen molar-refractivity contribution in [3.63, 3.8) is 0 Å². The molecule has 0 aromatic heterocycles. The molecule has 1 atom stereocenters. The Kier molecular flexibility index (Phi) is 2.25. The maximum Gasteiger partial charge on any atom is 0.226 e. The SMILES string of the molecule is CN1Cc2ccccc2C(C(N)=O)C1. The van der Waals surface area contributed by atoms with Crippen molar-refractivity contribution in [1.29, 1.82) is 0 Å². The quantitative estimate of drug-likeness (QED) is 0.708. The Hall–Kier alpha value is -1.35. The molecule has 1 aromatic rings. The molecule has 1 aromatic carbocycles. The molecule has 0 spiro atoms. The van der Waals surface area contributed by atoms with Gasteiger partial charge in [0, 0.05) is 13.1 Å². The molecule has 0 bridgehead atoms. The van der Waals surface area contributed by atoms with Gasteiger partial charge in [0.1, 0.15) is 0 Å². The van der Waals surface area contributed by atoms with Gasteiger partial charge in [-0.1, -0.05) is 24.3 Å². The van der Waals surface area contributed by atoms with Gasteiger partial charge >= 0.3 is 0 Å². The predicted octanol–water partition coefficient (Wildman–Crippen LogP) is 0.701. The molecule has 14 heavy (non-hydrogen) atoms. The Labute approximate surface area is 83.5 Å². The van der Waals surface area contributed by atoms with Crippen molar-refractivity contribution < 1.29 is 4.79 Å². The lowest BCUT2D eigenvalue weighted by Gasteiger charge is -2.30. The van der Waals surface area contributed by atoms with Gasteiger partial charge in [0.15, 0.2) is 0 Å². The van der Waals surface area contributed by atoms with Crippen molar-refractivity contribution in [2.24, 2.45) is 5.73 Å². The van der Waals surface area contributed by atoms with Gasteiger partial charge in [-0.05, 0) is 18.2 Å². The summed E-state index contributed by atoms with van der Waals surface area (Å²) in [4.78, 5) is 13.4. The number of hydrogen-bond acceptors (Lipinski definition) is 2. The molecule has 0 saturated carbocycles. The summed E-state index contributed by atoms with van der Waals surface area (Å²) in [6, 6.07) is 8.01. The molecular weight excluding hydrogens is 176 g/mol. The van der Waals surface area contributed by atoms with E-state index >= 15 is 0 Å². The van der Waals surface area contributed by atoms with Crippen LogP contribution >= 0.6 is 0 Å². The van der Waals surface area contributed by atoms with Gasteiger partial charge in [-0.2, -0.15) is 0 Å². The lowest BCUT2D eigenvalue weighted by Crippen LogP contribution is -2.37. The molecule has 1 unspecified atom stereocenters. The first-order valence-electron chi connectivity index (χ1n) is 4.74. The number of likely N-dealkylation sites (N-methyl/N-ethyl adjacent to an activating group) is 1. The monoisotopic (exact) mass is 190 g/mol. The standard InChI is InChI=1S/C11H14N2O/c1-13-6-8-4-2-3-5-9(8)10(7-13)11(12)14/h2-5,10H,6-7H2,1H3,(H2,12,14). The molecule has 1 heterocycles. The van der Waals surface area contributed by atoms with Gasteiger partial charge in [-0.3, -0.25) is 4.79 Å². The van der Waals surface area contributed by atoms with Gasteiger partial charge in [0.2, 0.25) is 5.91 Å². The fraction of sp³-hybridized carbons (Fsp3) is 0.364. The maximum atomic E-state index is 11.3. The zero-order chi connectivity index (χ0) is 10.1. The molecule has 0 aliphatic carbocycles. The molecule has 2 rings (SSSR count). The largest absolute Gasteiger partial charge is 0.369 e. The second-order valence-electron chi connectivity index (χ2n) is 3.85. The molecule has 1 aliphatic rings. The highest BCUT2D eigenvalue weighted by Gasteiger charge is 2.26. The van der Waals surface area contributed by atoms with E-state index in [4.69, 9.17) is 5.73 Å². The van der Waals surface area contributed by atoms with Crippen LogP contribution in [0.2, 0.25) is 0 Å². The summed E-state index contributed by atoms with van der Waals surface area (Å²) in [6.45, 7) is 1.63. The topological polar surface area (TPSA) is 46.3 Å². The molecule has 2 N–H and O–H groups in total. The summed E-state index contributed by atoms with van der Waals surface area (Å²) < 4.78 is 0. The predicted molar refractivity (Wildman–Crippen MR) is 54.7 cm³/mol. The van der Waals surface area contributed by atoms with Gasteiger partial charge in [0.25, 0.3) is 0 Å². The number of nitrogens with two attached hydrogens (primary N) is 1. The molecule has 3 heteroatoms. The molecule has 0 saturated heterocycles. The van der Waals surface area contributed by atoms with E-state index in [1.54, 1.807) is 0 Å². The molecule has 0 fully saturated rings. The zero-order valence-corrected chi connectivity index (χ0v) is 8.23. The average molecular weight is 190 g/mol. The van der Waals surface area contributed by atoms with E-state index in [-0.39, 0.29) is 11.8 Å². The van der Waals surface area contributed by atoms with Crippen molar-refractivity contribution in [2.45, 2.75) is 12.5 Å². The van der Waals surface area contributed by atoms with Crippen molar-refractivity contribution in [3.8, 4) is 0 Å². The fourth-order valence-corrected chi connectivity index (χ4v) is 2.03. The molecule has 1 aliphatic heterocycles. The first kappa shape index (κ1) is 9.21. The summed E-state index contributed by atoms with van der Waals surface area (Å²) in [6.07, 6.45) is 0. The number of rotatable bonds is 1. The van der Waals surface area contributed by atoms with Crippen molar-refractivity contribution in [3.05, 3.63) is 35.4 Å². The Bertz CT molecular complexity index is 362.